The minimum atomic E-state index is 0.803. The summed E-state index contributed by atoms with van der Waals surface area (Å²) in [6, 6.07) is 9.77. The molecular formula is C10H9ClN2. The summed E-state index contributed by atoms with van der Waals surface area (Å²) in [6.07, 6.45) is 2.55. The Hall–Kier alpha value is -1.28. The monoisotopic (exact) mass is 192 g/mol. The zero-order chi connectivity index (χ0) is 9.10. The van der Waals surface area contributed by atoms with E-state index in [0.29, 0.717) is 0 Å². The van der Waals surface area contributed by atoms with Crippen LogP contribution in [0.4, 0.5) is 0 Å². The lowest BCUT2D eigenvalue weighted by Gasteiger charge is -2.00. The number of aromatic nitrogens is 2. The summed E-state index contributed by atoms with van der Waals surface area (Å²) < 4.78 is 0. The number of hydrogen-bond acceptors (Lipinski definition) is 1. The minimum Gasteiger partial charge on any atom is -0.282 e. The van der Waals surface area contributed by atoms with Crippen molar-refractivity contribution >= 4 is 11.6 Å². The Morgan fingerprint density at radius 1 is 1.23 bits per heavy atom. The van der Waals surface area contributed by atoms with Gasteiger partial charge in [0.1, 0.15) is 0 Å². The van der Waals surface area contributed by atoms with E-state index in [0.717, 1.165) is 22.7 Å². The van der Waals surface area contributed by atoms with E-state index in [1.165, 1.54) is 0 Å². The standard InChI is InChI=1S/C10H9ClN2/c11-10-4-2-1-3-8(10)7-9-5-6-12-13-9/h1-6H,7H2,(H,12,13). The van der Waals surface area contributed by atoms with Crippen molar-refractivity contribution < 1.29 is 0 Å². The molecule has 0 atom stereocenters. The van der Waals surface area contributed by atoms with Gasteiger partial charge in [-0.05, 0) is 17.7 Å². The van der Waals surface area contributed by atoms with Crippen molar-refractivity contribution in [1.82, 2.24) is 10.2 Å². The van der Waals surface area contributed by atoms with Gasteiger partial charge in [-0.1, -0.05) is 29.8 Å². The second kappa shape index (κ2) is 3.62. The van der Waals surface area contributed by atoms with Gasteiger partial charge in [-0.15, -0.1) is 0 Å². The number of benzene rings is 1. The molecule has 0 aliphatic rings. The fourth-order valence-electron chi connectivity index (χ4n) is 1.23. The predicted octanol–water partition coefficient (Wildman–Crippen LogP) is 2.65. The first-order valence-electron chi connectivity index (χ1n) is 4.08. The van der Waals surface area contributed by atoms with Gasteiger partial charge >= 0.3 is 0 Å². The molecule has 2 aromatic rings. The van der Waals surface area contributed by atoms with E-state index in [1.807, 2.05) is 30.3 Å². The van der Waals surface area contributed by atoms with Crippen LogP contribution in [0.2, 0.25) is 5.02 Å². The van der Waals surface area contributed by atoms with Crippen molar-refractivity contribution in [2.24, 2.45) is 0 Å². The molecule has 0 amide bonds. The van der Waals surface area contributed by atoms with Gasteiger partial charge in [0.15, 0.2) is 0 Å². The normalized spacial score (nSPS) is 10.2. The van der Waals surface area contributed by atoms with Gasteiger partial charge in [0.25, 0.3) is 0 Å². The highest BCUT2D eigenvalue weighted by molar-refractivity contribution is 6.31. The Kier molecular flexibility index (Phi) is 2.32. The van der Waals surface area contributed by atoms with Crippen LogP contribution >= 0.6 is 11.6 Å². The van der Waals surface area contributed by atoms with E-state index in [2.05, 4.69) is 10.2 Å². The van der Waals surface area contributed by atoms with Crippen molar-refractivity contribution in [2.75, 3.05) is 0 Å². The maximum Gasteiger partial charge on any atom is 0.0490 e. The highest BCUT2D eigenvalue weighted by Gasteiger charge is 2.00. The van der Waals surface area contributed by atoms with Gasteiger partial charge in [-0.2, -0.15) is 5.10 Å². The van der Waals surface area contributed by atoms with E-state index in [9.17, 15) is 0 Å². The maximum atomic E-state index is 6.01. The third-order valence-electron chi connectivity index (χ3n) is 1.90. The number of nitrogens with zero attached hydrogens (tertiary/aromatic N) is 1. The molecule has 0 fully saturated rings. The third kappa shape index (κ3) is 1.90. The summed E-state index contributed by atoms with van der Waals surface area (Å²) in [5.74, 6) is 0. The zero-order valence-corrected chi connectivity index (χ0v) is 7.75. The second-order valence-corrected chi connectivity index (χ2v) is 3.26. The van der Waals surface area contributed by atoms with Crippen LogP contribution in [0.1, 0.15) is 11.3 Å². The molecule has 0 saturated heterocycles. The number of aromatic amines is 1. The Balaban J connectivity index is 2.24. The molecule has 13 heavy (non-hydrogen) atoms. The average molecular weight is 193 g/mol. The number of rotatable bonds is 2. The smallest absolute Gasteiger partial charge is 0.0490 e. The van der Waals surface area contributed by atoms with Crippen LogP contribution < -0.4 is 0 Å². The lowest BCUT2D eigenvalue weighted by atomic mass is 10.1. The molecular weight excluding hydrogens is 184 g/mol. The van der Waals surface area contributed by atoms with E-state index >= 15 is 0 Å². The van der Waals surface area contributed by atoms with E-state index < -0.39 is 0 Å². The lowest BCUT2D eigenvalue weighted by Crippen LogP contribution is -1.89. The maximum absolute atomic E-state index is 6.01. The molecule has 0 unspecified atom stereocenters. The van der Waals surface area contributed by atoms with Crippen molar-refractivity contribution in [2.45, 2.75) is 6.42 Å². The molecule has 1 heterocycles. The van der Waals surface area contributed by atoms with E-state index in [-0.39, 0.29) is 0 Å². The Bertz CT molecular complexity index is 382. The molecule has 2 rings (SSSR count). The predicted molar refractivity (Wildman–Crippen MR) is 52.8 cm³/mol. The number of H-pyrrole nitrogens is 1. The summed E-state index contributed by atoms with van der Waals surface area (Å²) in [5.41, 5.74) is 2.20. The summed E-state index contributed by atoms with van der Waals surface area (Å²) >= 11 is 6.01. The molecule has 0 saturated carbocycles. The highest BCUT2D eigenvalue weighted by Crippen LogP contribution is 2.17. The van der Waals surface area contributed by atoms with Crippen LogP contribution in [-0.4, -0.2) is 10.2 Å². The van der Waals surface area contributed by atoms with Gasteiger partial charge in [-0.25, -0.2) is 0 Å². The topological polar surface area (TPSA) is 28.7 Å². The fraction of sp³-hybridized carbons (Fsp3) is 0.100. The molecule has 0 spiro atoms. The van der Waals surface area contributed by atoms with Crippen LogP contribution in [0.25, 0.3) is 0 Å². The molecule has 66 valence electrons. The number of nitrogens with one attached hydrogen (secondary N) is 1. The van der Waals surface area contributed by atoms with Crippen LogP contribution in [-0.2, 0) is 6.42 Å². The molecule has 0 aliphatic carbocycles. The third-order valence-corrected chi connectivity index (χ3v) is 2.27. The first kappa shape index (κ1) is 8.32. The molecule has 0 aliphatic heterocycles. The van der Waals surface area contributed by atoms with E-state index in [1.54, 1.807) is 6.20 Å². The minimum absolute atomic E-state index is 0.803. The van der Waals surface area contributed by atoms with Crippen molar-refractivity contribution in [3.8, 4) is 0 Å². The quantitative estimate of drug-likeness (QED) is 0.779. The first-order chi connectivity index (χ1) is 6.36. The molecule has 1 N–H and O–H groups in total. The lowest BCUT2D eigenvalue weighted by molar-refractivity contribution is 0.996. The van der Waals surface area contributed by atoms with Gasteiger partial charge in [0.2, 0.25) is 0 Å². The van der Waals surface area contributed by atoms with Gasteiger partial charge < -0.3 is 0 Å². The largest absolute Gasteiger partial charge is 0.282 e. The molecule has 2 nitrogen and oxygen atoms in total. The van der Waals surface area contributed by atoms with Gasteiger partial charge in [0.05, 0.1) is 0 Å². The molecule has 0 bridgehead atoms. The van der Waals surface area contributed by atoms with Crippen LogP contribution in [0.5, 0.6) is 0 Å². The van der Waals surface area contributed by atoms with Crippen molar-refractivity contribution in [1.29, 1.82) is 0 Å². The molecule has 0 radical (unpaired) electrons. The SMILES string of the molecule is Clc1ccccc1Cc1ccn[nH]1. The first-order valence-corrected chi connectivity index (χ1v) is 4.46. The van der Waals surface area contributed by atoms with Gasteiger partial charge in [0, 0.05) is 23.3 Å². The van der Waals surface area contributed by atoms with Crippen LogP contribution in [0, 0.1) is 0 Å². The highest BCUT2D eigenvalue weighted by atomic mass is 35.5. The zero-order valence-electron chi connectivity index (χ0n) is 7.00. The summed E-state index contributed by atoms with van der Waals surface area (Å²) in [7, 11) is 0. The Labute approximate surface area is 81.6 Å². The van der Waals surface area contributed by atoms with Crippen LogP contribution in [0.15, 0.2) is 36.5 Å². The molecule has 3 heteroatoms. The summed E-state index contributed by atoms with van der Waals surface area (Å²) in [5, 5.41) is 7.59. The second-order valence-electron chi connectivity index (χ2n) is 2.85. The summed E-state index contributed by atoms with van der Waals surface area (Å²) in [4.78, 5) is 0. The average Bonchev–Trinajstić information content (AvgIpc) is 2.61. The fourth-order valence-corrected chi connectivity index (χ4v) is 1.43. The van der Waals surface area contributed by atoms with Gasteiger partial charge in [-0.3, -0.25) is 5.10 Å². The Morgan fingerprint density at radius 3 is 2.77 bits per heavy atom. The molecule has 1 aromatic heterocycles. The van der Waals surface area contributed by atoms with Crippen LogP contribution in [0.3, 0.4) is 0 Å². The Morgan fingerprint density at radius 2 is 2.08 bits per heavy atom. The molecule has 1 aromatic carbocycles. The van der Waals surface area contributed by atoms with E-state index in [4.69, 9.17) is 11.6 Å². The number of halogens is 1. The number of hydrogen-bond donors (Lipinski definition) is 1. The van der Waals surface area contributed by atoms with Crippen molar-refractivity contribution in [3.05, 3.63) is 52.8 Å². The van der Waals surface area contributed by atoms with Crippen molar-refractivity contribution in [3.63, 3.8) is 0 Å². The summed E-state index contributed by atoms with van der Waals surface area (Å²) in [6.45, 7) is 0.